The molecule has 0 saturated carbocycles. The van der Waals surface area contributed by atoms with Gasteiger partial charge in [-0.1, -0.05) is 18.2 Å². The highest BCUT2D eigenvalue weighted by Gasteiger charge is 2.27. The van der Waals surface area contributed by atoms with Crippen molar-refractivity contribution < 1.29 is 18.3 Å². The van der Waals surface area contributed by atoms with Crippen molar-refractivity contribution in [1.29, 1.82) is 0 Å². The first-order valence-electron chi connectivity index (χ1n) is 9.65. The van der Waals surface area contributed by atoms with Crippen LogP contribution < -0.4 is 4.74 Å². The second kappa shape index (κ2) is 8.43. The van der Waals surface area contributed by atoms with E-state index in [-0.39, 0.29) is 24.2 Å². The number of rotatable bonds is 5. The number of amides is 1. The fourth-order valence-electron chi connectivity index (χ4n) is 3.43. The Morgan fingerprint density at radius 3 is 2.59 bits per heavy atom. The van der Waals surface area contributed by atoms with Gasteiger partial charge in [-0.3, -0.25) is 4.79 Å². The predicted octanol–water partition coefficient (Wildman–Crippen LogP) is 3.97. The molecule has 1 aliphatic rings. The van der Waals surface area contributed by atoms with Crippen LogP contribution in [0.2, 0.25) is 0 Å². The first-order chi connectivity index (χ1) is 14.1. The van der Waals surface area contributed by atoms with Crippen LogP contribution in [0.3, 0.4) is 0 Å². The first kappa shape index (κ1) is 19.1. The van der Waals surface area contributed by atoms with E-state index >= 15 is 0 Å². The minimum Gasteiger partial charge on any atom is -0.484 e. The maximum absolute atomic E-state index is 13.1. The second-order valence-electron chi connectivity index (χ2n) is 7.16. The van der Waals surface area contributed by atoms with Crippen LogP contribution in [-0.4, -0.2) is 40.7 Å². The zero-order valence-electron chi connectivity index (χ0n) is 16.2. The molecule has 150 valence electrons. The van der Waals surface area contributed by atoms with Gasteiger partial charge in [-0.15, -0.1) is 10.2 Å². The third kappa shape index (κ3) is 4.45. The Labute approximate surface area is 168 Å². The number of likely N-dealkylation sites (tertiary alicyclic amines) is 1. The quantitative estimate of drug-likeness (QED) is 0.654. The zero-order chi connectivity index (χ0) is 20.2. The number of aromatic nitrogens is 2. The van der Waals surface area contributed by atoms with E-state index in [2.05, 4.69) is 10.2 Å². The number of halogens is 1. The number of ether oxygens (including phenoxy) is 1. The van der Waals surface area contributed by atoms with E-state index in [1.54, 1.807) is 12.1 Å². The number of benzene rings is 2. The van der Waals surface area contributed by atoms with Gasteiger partial charge >= 0.3 is 0 Å². The van der Waals surface area contributed by atoms with Crippen LogP contribution >= 0.6 is 0 Å². The summed E-state index contributed by atoms with van der Waals surface area (Å²) in [6.45, 7) is 3.23. The number of nitrogens with zero attached hydrogens (tertiary/aromatic N) is 3. The predicted molar refractivity (Wildman–Crippen MR) is 105 cm³/mol. The summed E-state index contributed by atoms with van der Waals surface area (Å²) in [5.74, 6) is 1.45. The summed E-state index contributed by atoms with van der Waals surface area (Å²) in [5.41, 5.74) is 1.69. The van der Waals surface area contributed by atoms with E-state index in [0.29, 0.717) is 30.4 Å². The normalized spacial score (nSPS) is 14.8. The van der Waals surface area contributed by atoms with Gasteiger partial charge in [0.1, 0.15) is 11.6 Å². The molecule has 1 fully saturated rings. The Hall–Kier alpha value is -3.22. The molecule has 1 aliphatic heterocycles. The molecule has 1 aromatic heterocycles. The first-order valence-corrected chi connectivity index (χ1v) is 9.65. The average Bonchev–Trinajstić information content (AvgIpc) is 3.24. The van der Waals surface area contributed by atoms with E-state index in [0.717, 1.165) is 24.2 Å². The van der Waals surface area contributed by atoms with Crippen molar-refractivity contribution in [1.82, 2.24) is 15.1 Å². The fraction of sp³-hybridized carbons (Fsp3) is 0.318. The lowest BCUT2D eigenvalue weighted by Gasteiger charge is -2.30. The molecular weight excluding hydrogens is 373 g/mol. The largest absolute Gasteiger partial charge is 0.484 e. The van der Waals surface area contributed by atoms with Gasteiger partial charge in [0.25, 0.3) is 5.91 Å². The number of aryl methyl sites for hydroxylation is 1. The summed E-state index contributed by atoms with van der Waals surface area (Å²) in [6, 6.07) is 13.6. The Balaban J connectivity index is 1.31. The molecule has 4 rings (SSSR count). The van der Waals surface area contributed by atoms with Crippen LogP contribution in [0.15, 0.2) is 52.9 Å². The summed E-state index contributed by atoms with van der Waals surface area (Å²) in [5, 5.41) is 8.23. The molecule has 29 heavy (non-hydrogen) atoms. The molecule has 0 spiro atoms. The van der Waals surface area contributed by atoms with Crippen LogP contribution in [0.5, 0.6) is 5.75 Å². The zero-order valence-corrected chi connectivity index (χ0v) is 16.2. The number of hydrogen-bond acceptors (Lipinski definition) is 5. The minimum atomic E-state index is -0.308. The molecule has 7 heteroatoms. The summed E-state index contributed by atoms with van der Waals surface area (Å²) in [4.78, 5) is 14.3. The topological polar surface area (TPSA) is 68.5 Å². The van der Waals surface area contributed by atoms with Gasteiger partial charge in [0.15, 0.2) is 6.61 Å². The minimum absolute atomic E-state index is 0.0239. The summed E-state index contributed by atoms with van der Waals surface area (Å²) >= 11 is 0. The van der Waals surface area contributed by atoms with Gasteiger partial charge in [0.05, 0.1) is 0 Å². The lowest BCUT2D eigenvalue weighted by Crippen LogP contribution is -2.40. The van der Waals surface area contributed by atoms with Gasteiger partial charge < -0.3 is 14.1 Å². The van der Waals surface area contributed by atoms with Gasteiger partial charge in [-0.2, -0.15) is 0 Å². The molecule has 0 radical (unpaired) electrons. The molecule has 6 nitrogen and oxygen atoms in total. The van der Waals surface area contributed by atoms with E-state index in [9.17, 15) is 9.18 Å². The van der Waals surface area contributed by atoms with E-state index in [1.165, 1.54) is 12.1 Å². The van der Waals surface area contributed by atoms with Crippen molar-refractivity contribution in [3.05, 3.63) is 65.8 Å². The number of carbonyl (C=O) groups is 1. The van der Waals surface area contributed by atoms with Crippen molar-refractivity contribution in [3.63, 3.8) is 0 Å². The Morgan fingerprint density at radius 2 is 1.86 bits per heavy atom. The maximum atomic E-state index is 13.1. The van der Waals surface area contributed by atoms with Crippen molar-refractivity contribution >= 4 is 5.91 Å². The lowest BCUT2D eigenvalue weighted by atomic mass is 9.97. The number of carbonyl (C=O) groups excluding carboxylic acids is 1. The molecule has 0 N–H and O–H groups in total. The third-order valence-electron chi connectivity index (χ3n) is 5.17. The van der Waals surface area contributed by atoms with E-state index in [1.807, 2.05) is 36.1 Å². The molecule has 0 bridgehead atoms. The highest BCUT2D eigenvalue weighted by molar-refractivity contribution is 5.78. The highest BCUT2D eigenvalue weighted by Crippen LogP contribution is 2.29. The Kier molecular flexibility index (Phi) is 5.55. The summed E-state index contributed by atoms with van der Waals surface area (Å²) in [6.07, 6.45) is 1.50. The Bertz CT molecular complexity index is 979. The fourth-order valence-corrected chi connectivity index (χ4v) is 3.43. The monoisotopic (exact) mass is 395 g/mol. The number of para-hydroxylation sites is 1. The lowest BCUT2D eigenvalue weighted by molar-refractivity contribution is -0.134. The molecule has 0 unspecified atom stereocenters. The molecule has 1 saturated heterocycles. The van der Waals surface area contributed by atoms with E-state index in [4.69, 9.17) is 9.15 Å². The van der Waals surface area contributed by atoms with Crippen molar-refractivity contribution in [3.8, 4) is 17.2 Å². The molecule has 2 heterocycles. The SMILES string of the molecule is Cc1ccccc1OCC(=O)N1CCC(c2nnc(-c3ccc(F)cc3)o2)CC1. The molecule has 0 atom stereocenters. The van der Waals surface area contributed by atoms with Crippen LogP contribution in [0.1, 0.15) is 30.2 Å². The smallest absolute Gasteiger partial charge is 0.260 e. The molecule has 1 amide bonds. The third-order valence-corrected chi connectivity index (χ3v) is 5.17. The van der Waals surface area contributed by atoms with Crippen molar-refractivity contribution in [2.24, 2.45) is 0 Å². The molecule has 3 aromatic rings. The molecule has 0 aliphatic carbocycles. The van der Waals surface area contributed by atoms with Gasteiger partial charge in [-0.25, -0.2) is 4.39 Å². The van der Waals surface area contributed by atoms with Gasteiger partial charge in [-0.05, 0) is 55.7 Å². The van der Waals surface area contributed by atoms with Crippen molar-refractivity contribution in [2.75, 3.05) is 19.7 Å². The van der Waals surface area contributed by atoms with Gasteiger partial charge in [0, 0.05) is 24.6 Å². The summed E-state index contributed by atoms with van der Waals surface area (Å²) < 4.78 is 24.5. The number of hydrogen-bond donors (Lipinski definition) is 0. The van der Waals surface area contributed by atoms with E-state index < -0.39 is 0 Å². The van der Waals surface area contributed by atoms with Crippen LogP contribution in [0, 0.1) is 12.7 Å². The standard InChI is InChI=1S/C22H22FN3O3/c1-15-4-2-3-5-19(15)28-14-20(27)26-12-10-17(11-13-26)22-25-24-21(29-22)16-6-8-18(23)9-7-16/h2-9,17H,10-14H2,1H3. The molecule has 2 aromatic carbocycles. The highest BCUT2D eigenvalue weighted by atomic mass is 19.1. The van der Waals surface area contributed by atoms with Crippen LogP contribution in [0.25, 0.3) is 11.5 Å². The average molecular weight is 395 g/mol. The number of piperidine rings is 1. The van der Waals surface area contributed by atoms with Crippen LogP contribution in [-0.2, 0) is 4.79 Å². The summed E-state index contributed by atoms with van der Waals surface area (Å²) in [7, 11) is 0. The van der Waals surface area contributed by atoms with Crippen molar-refractivity contribution in [2.45, 2.75) is 25.7 Å². The Morgan fingerprint density at radius 1 is 1.14 bits per heavy atom. The maximum Gasteiger partial charge on any atom is 0.260 e. The second-order valence-corrected chi connectivity index (χ2v) is 7.16. The van der Waals surface area contributed by atoms with Gasteiger partial charge in [0.2, 0.25) is 11.8 Å². The molecular formula is C22H22FN3O3. The van der Waals surface area contributed by atoms with Crippen LogP contribution in [0.4, 0.5) is 4.39 Å².